The van der Waals surface area contributed by atoms with Crippen LogP contribution in [-0.4, -0.2) is 18.3 Å². The van der Waals surface area contributed by atoms with E-state index in [0.29, 0.717) is 23.4 Å². The maximum Gasteiger partial charge on any atom is 0.262 e. The van der Waals surface area contributed by atoms with Crippen LogP contribution in [0, 0.1) is 5.41 Å². The number of amides is 1. The number of benzene rings is 1. The molecule has 0 aliphatic carbocycles. The number of nitrogens with one attached hydrogen (secondary N) is 1. The molecule has 1 heterocycles. The highest BCUT2D eigenvalue weighted by Gasteiger charge is 2.20. The maximum atomic E-state index is 12.1. The van der Waals surface area contributed by atoms with E-state index >= 15 is 0 Å². The summed E-state index contributed by atoms with van der Waals surface area (Å²) in [6.07, 6.45) is 0.473. The second kappa shape index (κ2) is 4.44. The number of ketones is 1. The molecule has 1 aliphatic rings. The van der Waals surface area contributed by atoms with Crippen LogP contribution in [0.2, 0.25) is 0 Å². The average molecular weight is 247 g/mol. The number of Topliss-reactive ketones (excluding diaryl/α,β-unsaturated/α-hetero) is 1. The third-order valence-electron chi connectivity index (χ3n) is 2.63. The number of fused-ring (bicyclic) bond motifs is 1. The molecule has 1 amide bonds. The molecule has 1 aromatic carbocycles. The molecule has 1 N–H and O–H groups in total. The van der Waals surface area contributed by atoms with E-state index in [4.69, 9.17) is 4.74 Å². The lowest BCUT2D eigenvalue weighted by molar-refractivity contribution is -0.118. The molecule has 1 aliphatic heterocycles. The lowest BCUT2D eigenvalue weighted by atomic mass is 9.88. The standard InChI is InChI=1S/C14H17NO3/c1-14(2,3)7-11(16)9-4-5-12-10(6-9)15-13(17)8-18-12/h4-6H,7-8H2,1-3H3,(H,15,17). The Bertz CT molecular complexity index is 500. The Balaban J connectivity index is 2.23. The van der Waals surface area contributed by atoms with Crippen LogP contribution in [0.1, 0.15) is 37.6 Å². The first-order valence-corrected chi connectivity index (χ1v) is 5.95. The van der Waals surface area contributed by atoms with E-state index in [-0.39, 0.29) is 23.7 Å². The molecule has 18 heavy (non-hydrogen) atoms. The normalized spacial score (nSPS) is 14.5. The van der Waals surface area contributed by atoms with Gasteiger partial charge in [0, 0.05) is 12.0 Å². The maximum absolute atomic E-state index is 12.1. The third kappa shape index (κ3) is 2.88. The number of hydrogen-bond acceptors (Lipinski definition) is 3. The van der Waals surface area contributed by atoms with Crippen molar-refractivity contribution in [2.24, 2.45) is 5.41 Å². The van der Waals surface area contributed by atoms with E-state index in [1.165, 1.54) is 0 Å². The van der Waals surface area contributed by atoms with Gasteiger partial charge in [-0.25, -0.2) is 0 Å². The number of ether oxygens (including phenoxy) is 1. The Morgan fingerprint density at radius 1 is 1.39 bits per heavy atom. The number of carbonyl (C=O) groups is 2. The van der Waals surface area contributed by atoms with Gasteiger partial charge in [0.15, 0.2) is 12.4 Å². The molecule has 0 bridgehead atoms. The molecule has 1 aromatic rings. The van der Waals surface area contributed by atoms with Crippen molar-refractivity contribution in [1.29, 1.82) is 0 Å². The van der Waals surface area contributed by atoms with Gasteiger partial charge in [-0.3, -0.25) is 9.59 Å². The quantitative estimate of drug-likeness (QED) is 0.817. The number of hydrogen-bond donors (Lipinski definition) is 1. The Morgan fingerprint density at radius 2 is 2.11 bits per heavy atom. The molecule has 0 saturated carbocycles. The number of carbonyl (C=O) groups excluding carboxylic acids is 2. The zero-order valence-electron chi connectivity index (χ0n) is 10.9. The van der Waals surface area contributed by atoms with Crippen molar-refractivity contribution in [2.75, 3.05) is 11.9 Å². The summed E-state index contributed by atoms with van der Waals surface area (Å²) in [6.45, 7) is 6.10. The van der Waals surface area contributed by atoms with Crippen LogP contribution in [0.4, 0.5) is 5.69 Å². The van der Waals surface area contributed by atoms with Gasteiger partial charge in [-0.15, -0.1) is 0 Å². The van der Waals surface area contributed by atoms with Gasteiger partial charge < -0.3 is 10.1 Å². The molecular formula is C14H17NO3. The van der Waals surface area contributed by atoms with Crippen molar-refractivity contribution in [3.63, 3.8) is 0 Å². The highest BCUT2D eigenvalue weighted by molar-refractivity contribution is 6.00. The summed E-state index contributed by atoms with van der Waals surface area (Å²) in [6, 6.07) is 5.15. The summed E-state index contributed by atoms with van der Waals surface area (Å²) in [5.41, 5.74) is 1.13. The van der Waals surface area contributed by atoms with Crippen LogP contribution in [0.3, 0.4) is 0 Å². The largest absolute Gasteiger partial charge is 0.482 e. The summed E-state index contributed by atoms with van der Waals surface area (Å²) < 4.78 is 5.25. The molecule has 0 saturated heterocycles. The monoisotopic (exact) mass is 247 g/mol. The second-order valence-electron chi connectivity index (χ2n) is 5.71. The van der Waals surface area contributed by atoms with Crippen LogP contribution in [0.15, 0.2) is 18.2 Å². The molecule has 2 rings (SSSR count). The van der Waals surface area contributed by atoms with E-state index < -0.39 is 0 Å². The van der Waals surface area contributed by atoms with Crippen molar-refractivity contribution in [3.05, 3.63) is 23.8 Å². The fraction of sp³-hybridized carbons (Fsp3) is 0.429. The van der Waals surface area contributed by atoms with Gasteiger partial charge in [0.1, 0.15) is 5.75 Å². The summed E-state index contributed by atoms with van der Waals surface area (Å²) in [5, 5.41) is 2.70. The van der Waals surface area contributed by atoms with Crippen LogP contribution in [-0.2, 0) is 4.79 Å². The smallest absolute Gasteiger partial charge is 0.262 e. The summed E-state index contributed by atoms with van der Waals surface area (Å²) in [7, 11) is 0. The second-order valence-corrected chi connectivity index (χ2v) is 5.71. The van der Waals surface area contributed by atoms with Crippen LogP contribution < -0.4 is 10.1 Å². The van der Waals surface area contributed by atoms with E-state index in [9.17, 15) is 9.59 Å². The van der Waals surface area contributed by atoms with Crippen molar-refractivity contribution >= 4 is 17.4 Å². The Labute approximate surface area is 106 Å². The third-order valence-corrected chi connectivity index (χ3v) is 2.63. The molecule has 0 fully saturated rings. The first-order valence-electron chi connectivity index (χ1n) is 5.95. The number of rotatable bonds is 2. The van der Waals surface area contributed by atoms with Crippen molar-refractivity contribution in [3.8, 4) is 5.75 Å². The van der Waals surface area contributed by atoms with Crippen molar-refractivity contribution in [2.45, 2.75) is 27.2 Å². The van der Waals surface area contributed by atoms with Crippen LogP contribution in [0.25, 0.3) is 0 Å². The topological polar surface area (TPSA) is 55.4 Å². The van der Waals surface area contributed by atoms with Crippen LogP contribution >= 0.6 is 0 Å². The van der Waals surface area contributed by atoms with E-state index in [0.717, 1.165) is 0 Å². The Morgan fingerprint density at radius 3 is 2.78 bits per heavy atom. The molecule has 96 valence electrons. The van der Waals surface area contributed by atoms with E-state index in [2.05, 4.69) is 5.32 Å². The first kappa shape index (κ1) is 12.6. The molecule has 4 nitrogen and oxygen atoms in total. The van der Waals surface area contributed by atoms with Crippen LogP contribution in [0.5, 0.6) is 5.75 Å². The van der Waals surface area contributed by atoms with E-state index in [1.54, 1.807) is 18.2 Å². The predicted molar refractivity (Wildman–Crippen MR) is 69.0 cm³/mol. The molecule has 0 unspecified atom stereocenters. The van der Waals surface area contributed by atoms with Gasteiger partial charge in [-0.2, -0.15) is 0 Å². The minimum absolute atomic E-state index is 0.0300. The molecule has 0 atom stereocenters. The van der Waals surface area contributed by atoms with Gasteiger partial charge in [0.05, 0.1) is 5.69 Å². The molecule has 0 spiro atoms. The summed E-state index contributed by atoms with van der Waals surface area (Å²) >= 11 is 0. The van der Waals surface area contributed by atoms with Gasteiger partial charge in [0.25, 0.3) is 5.91 Å². The molecule has 0 aromatic heterocycles. The number of anilines is 1. The predicted octanol–water partition coefficient (Wildman–Crippen LogP) is 2.64. The highest BCUT2D eigenvalue weighted by Crippen LogP contribution is 2.30. The lowest BCUT2D eigenvalue weighted by Gasteiger charge is -2.20. The first-order chi connectivity index (χ1) is 8.35. The Kier molecular flexibility index (Phi) is 3.11. The molecule has 0 radical (unpaired) electrons. The summed E-state index contributed by atoms with van der Waals surface area (Å²) in [5.74, 6) is 0.495. The highest BCUT2D eigenvalue weighted by atomic mass is 16.5. The van der Waals surface area contributed by atoms with Gasteiger partial charge in [-0.1, -0.05) is 20.8 Å². The van der Waals surface area contributed by atoms with Gasteiger partial charge >= 0.3 is 0 Å². The lowest BCUT2D eigenvalue weighted by Crippen LogP contribution is -2.25. The summed E-state index contributed by atoms with van der Waals surface area (Å²) in [4.78, 5) is 23.3. The average Bonchev–Trinajstić information content (AvgIpc) is 2.25. The zero-order valence-corrected chi connectivity index (χ0v) is 10.9. The minimum Gasteiger partial charge on any atom is -0.482 e. The van der Waals surface area contributed by atoms with Gasteiger partial charge in [0.2, 0.25) is 0 Å². The molecular weight excluding hydrogens is 230 g/mol. The van der Waals surface area contributed by atoms with Gasteiger partial charge in [-0.05, 0) is 23.6 Å². The zero-order chi connectivity index (χ0) is 13.3. The van der Waals surface area contributed by atoms with Crippen molar-refractivity contribution in [1.82, 2.24) is 0 Å². The van der Waals surface area contributed by atoms with E-state index in [1.807, 2.05) is 20.8 Å². The Hall–Kier alpha value is -1.84. The fourth-order valence-corrected chi connectivity index (χ4v) is 1.84. The van der Waals surface area contributed by atoms with Crippen molar-refractivity contribution < 1.29 is 14.3 Å². The SMILES string of the molecule is CC(C)(C)CC(=O)c1ccc2c(c1)NC(=O)CO2. The fourth-order valence-electron chi connectivity index (χ4n) is 1.84. The minimum atomic E-state index is -0.192. The molecule has 4 heteroatoms.